The first-order valence-electron chi connectivity index (χ1n) is 9.35. The van der Waals surface area contributed by atoms with Gasteiger partial charge in [0.2, 0.25) is 5.91 Å². The van der Waals surface area contributed by atoms with E-state index in [1.807, 2.05) is 41.3 Å². The lowest BCUT2D eigenvalue weighted by Crippen LogP contribution is -2.42. The van der Waals surface area contributed by atoms with Crippen molar-refractivity contribution in [2.24, 2.45) is 11.8 Å². The third kappa shape index (κ3) is 5.19. The van der Waals surface area contributed by atoms with Crippen LogP contribution in [0.2, 0.25) is 0 Å². The number of hydrogen-bond acceptors (Lipinski definition) is 2. The van der Waals surface area contributed by atoms with Gasteiger partial charge in [0.1, 0.15) is 0 Å². The van der Waals surface area contributed by atoms with E-state index in [-0.39, 0.29) is 18.2 Å². The van der Waals surface area contributed by atoms with Crippen LogP contribution in [-0.2, 0) is 11.2 Å². The zero-order valence-corrected chi connectivity index (χ0v) is 17.3. The number of piperidine rings is 1. The smallest absolute Gasteiger partial charge is 0.255 e. The Balaban J connectivity index is 1.72. The second kappa shape index (κ2) is 8.70. The van der Waals surface area contributed by atoms with Gasteiger partial charge >= 0.3 is 0 Å². The molecular weight excluding hydrogens is 404 g/mol. The highest BCUT2D eigenvalue weighted by Gasteiger charge is 2.27. The van der Waals surface area contributed by atoms with Crippen LogP contribution in [0.4, 0.5) is 5.69 Å². The van der Waals surface area contributed by atoms with Crippen LogP contribution < -0.4 is 5.32 Å². The monoisotopic (exact) mass is 428 g/mol. The van der Waals surface area contributed by atoms with Gasteiger partial charge in [0.25, 0.3) is 5.91 Å². The predicted molar refractivity (Wildman–Crippen MR) is 112 cm³/mol. The van der Waals surface area contributed by atoms with Crippen molar-refractivity contribution in [1.82, 2.24) is 4.90 Å². The molecule has 142 valence electrons. The van der Waals surface area contributed by atoms with Gasteiger partial charge in [-0.25, -0.2) is 0 Å². The summed E-state index contributed by atoms with van der Waals surface area (Å²) in [6.45, 7) is 5.90. The first-order chi connectivity index (χ1) is 12.9. The zero-order valence-electron chi connectivity index (χ0n) is 15.7. The number of halogens is 1. The summed E-state index contributed by atoms with van der Waals surface area (Å²) in [6, 6.07) is 14.9. The minimum Gasteiger partial charge on any atom is -0.338 e. The van der Waals surface area contributed by atoms with Crippen LogP contribution in [0, 0.1) is 11.8 Å². The second-order valence-electron chi connectivity index (χ2n) is 7.55. The molecule has 2 amide bonds. The van der Waals surface area contributed by atoms with Crippen molar-refractivity contribution in [1.29, 1.82) is 0 Å². The van der Waals surface area contributed by atoms with Gasteiger partial charge in [-0.2, -0.15) is 0 Å². The summed E-state index contributed by atoms with van der Waals surface area (Å²) in [7, 11) is 0. The van der Waals surface area contributed by atoms with Crippen molar-refractivity contribution in [3.8, 4) is 0 Å². The maximum atomic E-state index is 13.1. The first-order valence-corrected chi connectivity index (χ1v) is 10.1. The normalized spacial score (nSPS) is 19.6. The number of nitrogens with one attached hydrogen (secondary N) is 1. The number of nitrogens with zero attached hydrogens (tertiary/aromatic N) is 1. The van der Waals surface area contributed by atoms with E-state index in [2.05, 4.69) is 35.1 Å². The quantitative estimate of drug-likeness (QED) is 0.763. The number of carbonyl (C=O) groups excluding carboxylic acids is 2. The van der Waals surface area contributed by atoms with Gasteiger partial charge in [-0.3, -0.25) is 9.59 Å². The van der Waals surface area contributed by atoms with Crippen LogP contribution in [-0.4, -0.2) is 29.8 Å². The Bertz CT molecular complexity index is 809. The highest BCUT2D eigenvalue weighted by atomic mass is 79.9. The fourth-order valence-corrected chi connectivity index (χ4v) is 4.02. The molecule has 1 N–H and O–H groups in total. The number of rotatable bonds is 4. The largest absolute Gasteiger partial charge is 0.338 e. The van der Waals surface area contributed by atoms with Crippen molar-refractivity contribution in [3.63, 3.8) is 0 Å². The van der Waals surface area contributed by atoms with E-state index in [0.29, 0.717) is 23.1 Å². The maximum absolute atomic E-state index is 13.1. The Morgan fingerprint density at radius 1 is 1.04 bits per heavy atom. The molecule has 2 aromatic rings. The van der Waals surface area contributed by atoms with Crippen LogP contribution in [0.3, 0.4) is 0 Å². The summed E-state index contributed by atoms with van der Waals surface area (Å²) >= 11 is 3.39. The lowest BCUT2D eigenvalue weighted by atomic mass is 9.91. The fourth-order valence-electron chi connectivity index (χ4n) is 3.76. The van der Waals surface area contributed by atoms with E-state index in [1.165, 1.54) is 0 Å². The highest BCUT2D eigenvalue weighted by Crippen LogP contribution is 2.25. The summed E-state index contributed by atoms with van der Waals surface area (Å²) in [6.07, 6.45) is 1.42. The number of likely N-dealkylation sites (tertiary alicyclic amines) is 1. The van der Waals surface area contributed by atoms with Gasteiger partial charge in [0, 0.05) is 17.6 Å². The van der Waals surface area contributed by atoms with Crippen molar-refractivity contribution in [2.45, 2.75) is 26.7 Å². The van der Waals surface area contributed by atoms with Gasteiger partial charge in [-0.15, -0.1) is 0 Å². The summed E-state index contributed by atoms with van der Waals surface area (Å²) in [5.74, 6) is 0.861. The minimum atomic E-state index is -0.127. The fraction of sp³-hybridized carbons (Fsp3) is 0.364. The molecular formula is C22H25BrN2O2. The highest BCUT2D eigenvalue weighted by molar-refractivity contribution is 9.10. The average Bonchev–Trinajstić information content (AvgIpc) is 2.63. The van der Waals surface area contributed by atoms with E-state index in [0.717, 1.165) is 29.5 Å². The molecule has 0 aromatic heterocycles. The number of anilines is 1. The summed E-state index contributed by atoms with van der Waals surface area (Å²) in [5, 5.41) is 2.92. The molecule has 27 heavy (non-hydrogen) atoms. The van der Waals surface area contributed by atoms with Crippen molar-refractivity contribution in [2.75, 3.05) is 18.4 Å². The van der Waals surface area contributed by atoms with Crippen LogP contribution in [0.1, 0.15) is 36.2 Å². The molecule has 1 saturated heterocycles. The second-order valence-corrected chi connectivity index (χ2v) is 8.47. The average molecular weight is 429 g/mol. The van der Waals surface area contributed by atoms with Crippen LogP contribution >= 0.6 is 15.9 Å². The van der Waals surface area contributed by atoms with Gasteiger partial charge in [0.15, 0.2) is 0 Å². The first kappa shape index (κ1) is 19.6. The van der Waals surface area contributed by atoms with Gasteiger partial charge < -0.3 is 10.2 Å². The van der Waals surface area contributed by atoms with Gasteiger partial charge in [-0.05, 0) is 48.1 Å². The molecule has 0 bridgehead atoms. The number of amides is 2. The molecule has 0 spiro atoms. The predicted octanol–water partition coefficient (Wildman–Crippen LogP) is 4.75. The Morgan fingerprint density at radius 2 is 1.67 bits per heavy atom. The number of hydrogen-bond donors (Lipinski definition) is 1. The molecule has 0 aliphatic carbocycles. The molecule has 1 aliphatic rings. The molecule has 1 heterocycles. The third-order valence-corrected chi connectivity index (χ3v) is 5.39. The van der Waals surface area contributed by atoms with Crippen LogP contribution in [0.5, 0.6) is 0 Å². The van der Waals surface area contributed by atoms with E-state index in [4.69, 9.17) is 0 Å². The molecule has 0 radical (unpaired) electrons. The van der Waals surface area contributed by atoms with E-state index >= 15 is 0 Å². The van der Waals surface area contributed by atoms with Crippen LogP contribution in [0.25, 0.3) is 0 Å². The molecule has 1 fully saturated rings. The molecule has 2 unspecified atom stereocenters. The van der Waals surface area contributed by atoms with E-state index in [9.17, 15) is 9.59 Å². The SMILES string of the molecule is CC1CC(C)CN(C(=O)c2ccccc2NC(=O)Cc2ccc(Br)cc2)C1. The number of benzene rings is 2. The zero-order chi connectivity index (χ0) is 19.4. The third-order valence-electron chi connectivity index (χ3n) is 4.87. The standard InChI is InChI=1S/C22H25BrN2O2/c1-15-11-16(2)14-25(13-15)22(27)19-5-3-4-6-20(19)24-21(26)12-17-7-9-18(23)10-8-17/h3-10,15-16H,11-14H2,1-2H3,(H,24,26). The van der Waals surface area contributed by atoms with Crippen LogP contribution in [0.15, 0.2) is 53.0 Å². The van der Waals surface area contributed by atoms with Gasteiger partial charge in [0.05, 0.1) is 17.7 Å². The Labute approximate surface area is 169 Å². The van der Waals surface area contributed by atoms with Crippen molar-refractivity contribution < 1.29 is 9.59 Å². The maximum Gasteiger partial charge on any atom is 0.255 e. The molecule has 2 aromatic carbocycles. The Morgan fingerprint density at radius 3 is 2.33 bits per heavy atom. The molecule has 4 nitrogen and oxygen atoms in total. The lowest BCUT2D eigenvalue weighted by molar-refractivity contribution is -0.115. The topological polar surface area (TPSA) is 49.4 Å². The van der Waals surface area contributed by atoms with Gasteiger partial charge in [-0.1, -0.05) is 54.0 Å². The lowest BCUT2D eigenvalue weighted by Gasteiger charge is -2.35. The Hall–Kier alpha value is -2.14. The number of para-hydroxylation sites is 1. The minimum absolute atomic E-state index is 0.00654. The van der Waals surface area contributed by atoms with E-state index < -0.39 is 0 Å². The Kier molecular flexibility index (Phi) is 6.32. The molecule has 2 atom stereocenters. The summed E-state index contributed by atoms with van der Waals surface area (Å²) in [4.78, 5) is 27.4. The van der Waals surface area contributed by atoms with Crippen molar-refractivity contribution in [3.05, 3.63) is 64.1 Å². The molecule has 5 heteroatoms. The summed E-state index contributed by atoms with van der Waals surface area (Å²) < 4.78 is 0.979. The number of carbonyl (C=O) groups is 2. The molecule has 3 rings (SSSR count). The van der Waals surface area contributed by atoms with E-state index in [1.54, 1.807) is 12.1 Å². The van der Waals surface area contributed by atoms with Crippen molar-refractivity contribution >= 4 is 33.4 Å². The summed E-state index contributed by atoms with van der Waals surface area (Å²) in [5.41, 5.74) is 2.07. The molecule has 1 aliphatic heterocycles. The molecule has 0 saturated carbocycles.